The first-order chi connectivity index (χ1) is 10.3. The highest BCUT2D eigenvalue weighted by Gasteiger charge is 2.38. The van der Waals surface area contributed by atoms with Crippen LogP contribution in [0.1, 0.15) is 32.6 Å². The molecule has 0 aromatic rings. The summed E-state index contributed by atoms with van der Waals surface area (Å²) in [5.74, 6) is 0.324. The quantitative estimate of drug-likeness (QED) is 0.829. The first-order valence-corrected chi connectivity index (χ1v) is 8.63. The predicted octanol–water partition coefficient (Wildman–Crippen LogP) is 0.698. The van der Waals surface area contributed by atoms with Gasteiger partial charge in [-0.05, 0) is 45.3 Å². The molecule has 0 saturated carbocycles. The van der Waals surface area contributed by atoms with Crippen molar-refractivity contribution in [3.05, 3.63) is 0 Å². The third kappa shape index (κ3) is 3.41. The van der Waals surface area contributed by atoms with Crippen molar-refractivity contribution in [2.75, 3.05) is 45.9 Å². The monoisotopic (exact) mass is 295 g/mol. The summed E-state index contributed by atoms with van der Waals surface area (Å²) in [5, 5.41) is 3.40. The molecule has 3 aliphatic heterocycles. The maximum Gasteiger partial charge on any atom is 0.229 e. The van der Waals surface area contributed by atoms with Crippen LogP contribution in [0.4, 0.5) is 0 Å². The van der Waals surface area contributed by atoms with Crippen molar-refractivity contribution in [2.45, 2.75) is 44.7 Å². The number of nitrogens with one attached hydrogen (secondary N) is 1. The van der Waals surface area contributed by atoms with Gasteiger partial charge in [0.25, 0.3) is 0 Å². The van der Waals surface area contributed by atoms with Gasteiger partial charge in [-0.15, -0.1) is 0 Å². The number of piperidine rings is 1. The molecule has 21 heavy (non-hydrogen) atoms. The summed E-state index contributed by atoms with van der Waals surface area (Å²) in [6.07, 6.45) is 5.04. The molecule has 3 fully saturated rings. The molecule has 5 heteroatoms. The largest absolute Gasteiger partial charge is 0.379 e. The molecule has 1 amide bonds. The first kappa shape index (κ1) is 15.3. The molecule has 3 aliphatic rings. The molecule has 0 aromatic heterocycles. The van der Waals surface area contributed by atoms with Crippen LogP contribution >= 0.6 is 0 Å². The number of hydrogen-bond donors (Lipinski definition) is 1. The minimum absolute atomic E-state index is 0.0160. The summed E-state index contributed by atoms with van der Waals surface area (Å²) < 4.78 is 5.54. The number of ether oxygens (including phenoxy) is 1. The molecule has 1 N–H and O–H groups in total. The Morgan fingerprint density at radius 3 is 2.76 bits per heavy atom. The maximum absolute atomic E-state index is 12.8. The normalized spacial score (nSPS) is 34.5. The van der Waals surface area contributed by atoms with E-state index in [1.54, 1.807) is 0 Å². The zero-order valence-electron chi connectivity index (χ0n) is 13.2. The van der Waals surface area contributed by atoms with Gasteiger partial charge in [0.15, 0.2) is 0 Å². The lowest BCUT2D eigenvalue weighted by Gasteiger charge is -2.39. The Hall–Kier alpha value is -0.650. The fourth-order valence-electron chi connectivity index (χ4n) is 4.06. The van der Waals surface area contributed by atoms with Crippen molar-refractivity contribution in [2.24, 2.45) is 5.92 Å². The van der Waals surface area contributed by atoms with E-state index < -0.39 is 0 Å². The van der Waals surface area contributed by atoms with Gasteiger partial charge in [-0.25, -0.2) is 0 Å². The van der Waals surface area contributed by atoms with E-state index in [2.05, 4.69) is 22.0 Å². The van der Waals surface area contributed by atoms with Gasteiger partial charge in [0.1, 0.15) is 0 Å². The van der Waals surface area contributed by atoms with Crippen LogP contribution in [0.2, 0.25) is 0 Å². The van der Waals surface area contributed by atoms with E-state index in [9.17, 15) is 4.79 Å². The lowest BCUT2D eigenvalue weighted by atomic mass is 9.98. The number of carbonyl (C=O) groups excluding carboxylic acids is 1. The fourth-order valence-corrected chi connectivity index (χ4v) is 4.06. The molecule has 0 bridgehead atoms. The number of carbonyl (C=O) groups is 1. The summed E-state index contributed by atoms with van der Waals surface area (Å²) >= 11 is 0. The fraction of sp³-hybridized carbons (Fsp3) is 0.938. The molecule has 0 radical (unpaired) electrons. The number of hydrogen-bond acceptors (Lipinski definition) is 4. The summed E-state index contributed by atoms with van der Waals surface area (Å²) in [6, 6.07) is 0.791. The number of nitrogens with zero attached hydrogens (tertiary/aromatic N) is 2. The molecule has 3 unspecified atom stereocenters. The third-order valence-electron chi connectivity index (χ3n) is 5.23. The van der Waals surface area contributed by atoms with Crippen LogP contribution in [0.5, 0.6) is 0 Å². The molecule has 3 rings (SSSR count). The molecule has 3 heterocycles. The first-order valence-electron chi connectivity index (χ1n) is 8.63. The van der Waals surface area contributed by atoms with Crippen LogP contribution in [0.25, 0.3) is 0 Å². The van der Waals surface area contributed by atoms with E-state index in [1.807, 2.05) is 0 Å². The Morgan fingerprint density at radius 1 is 1.19 bits per heavy atom. The lowest BCUT2D eigenvalue weighted by Crippen LogP contribution is -2.53. The highest BCUT2D eigenvalue weighted by atomic mass is 16.5. The average Bonchev–Trinajstić information content (AvgIpc) is 3.18. The van der Waals surface area contributed by atoms with Gasteiger partial charge in [0.2, 0.25) is 5.91 Å². The Balaban J connectivity index is 1.58. The Morgan fingerprint density at radius 2 is 2.00 bits per heavy atom. The summed E-state index contributed by atoms with van der Waals surface area (Å²) in [6.45, 7) is 8.54. The standard InChI is InChI=1S/C16H29N3O2/c1-2-17-15-12-21-11-14(15)16(20)19-9-5-6-13(10-19)18-7-3-4-8-18/h13-15,17H,2-12H2,1H3. The lowest BCUT2D eigenvalue weighted by molar-refractivity contribution is -0.138. The topological polar surface area (TPSA) is 44.8 Å². The van der Waals surface area contributed by atoms with Crippen LogP contribution < -0.4 is 5.32 Å². The number of likely N-dealkylation sites (tertiary alicyclic amines) is 2. The molecule has 0 spiro atoms. The van der Waals surface area contributed by atoms with Gasteiger partial charge in [-0.3, -0.25) is 9.69 Å². The molecule has 5 nitrogen and oxygen atoms in total. The molecular formula is C16H29N3O2. The third-order valence-corrected chi connectivity index (χ3v) is 5.23. The zero-order valence-corrected chi connectivity index (χ0v) is 13.2. The smallest absolute Gasteiger partial charge is 0.229 e. The average molecular weight is 295 g/mol. The van der Waals surface area contributed by atoms with Crippen molar-refractivity contribution in [3.8, 4) is 0 Å². The maximum atomic E-state index is 12.8. The minimum Gasteiger partial charge on any atom is -0.379 e. The van der Waals surface area contributed by atoms with Crippen LogP contribution in [-0.2, 0) is 9.53 Å². The van der Waals surface area contributed by atoms with Crippen molar-refractivity contribution in [3.63, 3.8) is 0 Å². The molecule has 3 atom stereocenters. The van der Waals surface area contributed by atoms with Crippen molar-refractivity contribution >= 4 is 5.91 Å². The second kappa shape index (κ2) is 7.07. The van der Waals surface area contributed by atoms with Crippen molar-refractivity contribution in [1.82, 2.24) is 15.1 Å². The van der Waals surface area contributed by atoms with Crippen LogP contribution in [0.3, 0.4) is 0 Å². The van der Waals surface area contributed by atoms with Gasteiger partial charge in [-0.1, -0.05) is 6.92 Å². The molecule has 120 valence electrons. The van der Waals surface area contributed by atoms with Crippen molar-refractivity contribution in [1.29, 1.82) is 0 Å². The van der Waals surface area contributed by atoms with E-state index in [4.69, 9.17) is 4.74 Å². The summed E-state index contributed by atoms with van der Waals surface area (Å²) in [7, 11) is 0. The van der Waals surface area contributed by atoms with Gasteiger partial charge < -0.3 is 15.0 Å². The van der Waals surface area contributed by atoms with E-state index in [1.165, 1.54) is 32.4 Å². The molecule has 0 aromatic carbocycles. The predicted molar refractivity (Wildman–Crippen MR) is 82.2 cm³/mol. The van der Waals surface area contributed by atoms with Gasteiger partial charge >= 0.3 is 0 Å². The second-order valence-corrected chi connectivity index (χ2v) is 6.63. The van der Waals surface area contributed by atoms with Gasteiger partial charge in [0, 0.05) is 25.2 Å². The van der Waals surface area contributed by atoms with Crippen LogP contribution in [0, 0.1) is 5.92 Å². The number of likely N-dealkylation sites (N-methyl/N-ethyl adjacent to an activating group) is 1. The van der Waals surface area contributed by atoms with Gasteiger partial charge in [-0.2, -0.15) is 0 Å². The Labute approximate surface area is 128 Å². The van der Waals surface area contributed by atoms with E-state index in [-0.39, 0.29) is 12.0 Å². The van der Waals surface area contributed by atoms with Crippen molar-refractivity contribution < 1.29 is 9.53 Å². The molecule has 0 aliphatic carbocycles. The van der Waals surface area contributed by atoms with Crippen LogP contribution in [-0.4, -0.2) is 73.7 Å². The zero-order chi connectivity index (χ0) is 14.7. The number of rotatable bonds is 4. The van der Waals surface area contributed by atoms with E-state index >= 15 is 0 Å². The highest BCUT2D eigenvalue weighted by molar-refractivity contribution is 5.80. The van der Waals surface area contributed by atoms with Crippen LogP contribution in [0.15, 0.2) is 0 Å². The van der Waals surface area contributed by atoms with Gasteiger partial charge in [0.05, 0.1) is 19.1 Å². The summed E-state index contributed by atoms with van der Waals surface area (Å²) in [5.41, 5.74) is 0. The second-order valence-electron chi connectivity index (χ2n) is 6.63. The number of amides is 1. The highest BCUT2D eigenvalue weighted by Crippen LogP contribution is 2.23. The summed E-state index contributed by atoms with van der Waals surface area (Å²) in [4.78, 5) is 17.5. The SMILES string of the molecule is CCNC1COCC1C(=O)N1CCCC(N2CCCC2)C1. The van der Waals surface area contributed by atoms with E-state index in [0.29, 0.717) is 25.2 Å². The molecular weight excluding hydrogens is 266 g/mol. The Kier molecular flexibility index (Phi) is 5.14. The van der Waals surface area contributed by atoms with E-state index in [0.717, 1.165) is 26.1 Å². The Bertz CT molecular complexity index is 357. The molecule has 3 saturated heterocycles. The minimum atomic E-state index is 0.0160.